The van der Waals surface area contributed by atoms with Gasteiger partial charge in [0.05, 0.1) is 11.5 Å². The van der Waals surface area contributed by atoms with E-state index in [1.165, 1.54) is 0 Å². The number of hydrogen-bond acceptors (Lipinski definition) is 3. The number of fused-ring (bicyclic) bond motifs is 1. The summed E-state index contributed by atoms with van der Waals surface area (Å²) < 4.78 is 6.96. The van der Waals surface area contributed by atoms with Crippen LogP contribution in [0.2, 0.25) is 0 Å². The van der Waals surface area contributed by atoms with Crippen LogP contribution in [0.15, 0.2) is 6.20 Å². The fraction of sp³-hybridized carbons (Fsp3) is 0.500. The molecule has 0 bridgehead atoms. The first-order chi connectivity index (χ1) is 5.77. The van der Waals surface area contributed by atoms with Gasteiger partial charge in [0.1, 0.15) is 6.20 Å². The summed E-state index contributed by atoms with van der Waals surface area (Å²) in [6.07, 6.45) is 2.52. The molecule has 0 spiro atoms. The monoisotopic (exact) mass is 169 g/mol. The number of hydrazine groups is 1. The lowest BCUT2D eigenvalue weighted by Crippen LogP contribution is -2.13. The van der Waals surface area contributed by atoms with Crippen molar-refractivity contribution in [3.8, 4) is 6.01 Å². The number of aromatic nitrogens is 2. The Morgan fingerprint density at radius 2 is 2.58 bits per heavy atom. The maximum Gasteiger partial charge on any atom is 0.414 e. The lowest BCUT2D eigenvalue weighted by Gasteiger charge is -2.09. The maximum absolute atomic E-state index is 10.6. The Balaban J connectivity index is 2.38. The zero-order chi connectivity index (χ0) is 8.55. The summed E-state index contributed by atoms with van der Waals surface area (Å²) in [4.78, 5) is 14.7. The van der Waals surface area contributed by atoms with E-state index in [4.69, 9.17) is 10.6 Å². The van der Waals surface area contributed by atoms with Gasteiger partial charge in [-0.05, 0) is 11.3 Å². The van der Waals surface area contributed by atoms with Gasteiger partial charge in [0.15, 0.2) is 0 Å². The molecule has 0 atom stereocenters. The molecule has 1 aliphatic heterocycles. The second kappa shape index (κ2) is 2.47. The topological polar surface area (TPSA) is 73.2 Å². The largest absolute Gasteiger partial charge is 0.446 e. The smallest absolute Gasteiger partial charge is 0.414 e. The lowest BCUT2D eigenvalue weighted by atomic mass is 10.4. The SMILES string of the molecule is N[N+](=O)c1cn2c(n1)OCCC2. The average Bonchev–Trinajstić information content (AvgIpc) is 2.46. The molecule has 0 radical (unpaired) electrons. The maximum atomic E-state index is 10.6. The minimum atomic E-state index is 0.187. The Hall–Kier alpha value is -1.59. The van der Waals surface area contributed by atoms with Gasteiger partial charge in [-0.1, -0.05) is 0 Å². The van der Waals surface area contributed by atoms with E-state index in [9.17, 15) is 4.91 Å². The number of aryl methyl sites for hydroxylation is 1. The van der Waals surface area contributed by atoms with E-state index in [0.29, 0.717) is 12.6 Å². The first-order valence-electron chi connectivity index (χ1n) is 3.69. The fourth-order valence-corrected chi connectivity index (χ4v) is 1.17. The quantitative estimate of drug-likeness (QED) is 0.363. The van der Waals surface area contributed by atoms with Crippen LogP contribution in [0, 0.1) is 4.91 Å². The number of imidazole rings is 1. The van der Waals surface area contributed by atoms with Crippen molar-refractivity contribution in [3.63, 3.8) is 0 Å². The zero-order valence-electron chi connectivity index (χ0n) is 6.43. The van der Waals surface area contributed by atoms with E-state index in [0.717, 1.165) is 13.0 Å². The highest BCUT2D eigenvalue weighted by atomic mass is 16.5. The van der Waals surface area contributed by atoms with Gasteiger partial charge in [0.25, 0.3) is 0 Å². The first kappa shape index (κ1) is 7.08. The fourth-order valence-electron chi connectivity index (χ4n) is 1.17. The summed E-state index contributed by atoms with van der Waals surface area (Å²) in [6.45, 7) is 1.48. The van der Waals surface area contributed by atoms with Crippen molar-refractivity contribution in [3.05, 3.63) is 11.1 Å². The number of nitrogens with zero attached hydrogens (tertiary/aromatic N) is 3. The van der Waals surface area contributed by atoms with Crippen molar-refractivity contribution < 1.29 is 9.61 Å². The van der Waals surface area contributed by atoms with Crippen LogP contribution < -0.4 is 10.6 Å². The number of ether oxygens (including phenoxy) is 1. The van der Waals surface area contributed by atoms with E-state index in [-0.39, 0.29) is 10.7 Å². The summed E-state index contributed by atoms with van der Waals surface area (Å²) in [5.41, 5.74) is 0. The summed E-state index contributed by atoms with van der Waals surface area (Å²) >= 11 is 0. The molecule has 2 heterocycles. The molecule has 1 aromatic heterocycles. The molecule has 6 heteroatoms. The van der Waals surface area contributed by atoms with Crippen molar-refractivity contribution in [1.29, 1.82) is 0 Å². The van der Waals surface area contributed by atoms with E-state index < -0.39 is 0 Å². The normalized spacial score (nSPS) is 15.0. The standard InChI is InChI=1S/C6H9N4O2/c7-10(11)5-4-9-2-1-3-12-6(9)8-5/h4H,1-3H2,(H2,7,11)/q+1. The third kappa shape index (κ3) is 1.01. The Kier molecular flexibility index (Phi) is 1.46. The summed E-state index contributed by atoms with van der Waals surface area (Å²) in [6, 6.07) is 0.475. The number of rotatable bonds is 1. The molecule has 0 saturated heterocycles. The van der Waals surface area contributed by atoms with Gasteiger partial charge in [-0.15, -0.1) is 0 Å². The second-order valence-electron chi connectivity index (χ2n) is 2.60. The highest BCUT2D eigenvalue weighted by Crippen LogP contribution is 2.19. The minimum absolute atomic E-state index is 0.187. The lowest BCUT2D eigenvalue weighted by molar-refractivity contribution is -0.478. The number of nitrogens with two attached hydrogens (primary N) is 1. The highest BCUT2D eigenvalue weighted by molar-refractivity contribution is 5.20. The molecule has 1 aromatic rings. The van der Waals surface area contributed by atoms with Crippen molar-refractivity contribution in [2.75, 3.05) is 6.61 Å². The van der Waals surface area contributed by atoms with E-state index in [2.05, 4.69) is 4.98 Å². The van der Waals surface area contributed by atoms with Gasteiger partial charge >= 0.3 is 11.8 Å². The molecule has 64 valence electrons. The van der Waals surface area contributed by atoms with Gasteiger partial charge in [0.2, 0.25) is 0 Å². The molecular weight excluding hydrogens is 160 g/mol. The molecule has 0 aromatic carbocycles. The average molecular weight is 169 g/mol. The molecule has 0 amide bonds. The molecule has 0 aliphatic carbocycles. The number of nitroso groups, excluding NO2 is 1. The predicted molar refractivity (Wildman–Crippen MR) is 39.8 cm³/mol. The summed E-state index contributed by atoms with van der Waals surface area (Å²) in [5.74, 6) is 5.16. The summed E-state index contributed by atoms with van der Waals surface area (Å²) in [5, 5.41) is 0. The molecule has 0 saturated carbocycles. The van der Waals surface area contributed by atoms with Crippen molar-refractivity contribution in [1.82, 2.24) is 9.55 Å². The van der Waals surface area contributed by atoms with E-state index in [1.54, 1.807) is 10.8 Å². The van der Waals surface area contributed by atoms with Gasteiger partial charge in [-0.2, -0.15) is 0 Å². The number of hydrogen-bond donors (Lipinski definition) is 1. The Morgan fingerprint density at radius 1 is 1.75 bits per heavy atom. The van der Waals surface area contributed by atoms with Crippen LogP contribution in [0.4, 0.5) is 5.82 Å². The molecule has 2 rings (SSSR count). The molecule has 1 aliphatic rings. The first-order valence-corrected chi connectivity index (χ1v) is 3.69. The van der Waals surface area contributed by atoms with E-state index in [1.807, 2.05) is 0 Å². The molecule has 0 unspecified atom stereocenters. The molecule has 12 heavy (non-hydrogen) atoms. The Labute approximate surface area is 68.5 Å². The van der Waals surface area contributed by atoms with Gasteiger partial charge in [0, 0.05) is 11.5 Å². The van der Waals surface area contributed by atoms with Crippen molar-refractivity contribution in [2.24, 2.45) is 5.84 Å². The van der Waals surface area contributed by atoms with Gasteiger partial charge in [-0.3, -0.25) is 4.57 Å². The third-order valence-corrected chi connectivity index (χ3v) is 1.73. The van der Waals surface area contributed by atoms with Crippen LogP contribution in [-0.4, -0.2) is 21.0 Å². The van der Waals surface area contributed by atoms with Crippen LogP contribution in [0.25, 0.3) is 0 Å². The molecule has 2 N–H and O–H groups in total. The Bertz CT molecular complexity index is 296. The van der Waals surface area contributed by atoms with Crippen LogP contribution in [0.3, 0.4) is 0 Å². The van der Waals surface area contributed by atoms with Crippen molar-refractivity contribution >= 4 is 5.82 Å². The van der Waals surface area contributed by atoms with Crippen molar-refractivity contribution in [2.45, 2.75) is 13.0 Å². The molecule has 0 fully saturated rings. The third-order valence-electron chi connectivity index (χ3n) is 1.73. The highest BCUT2D eigenvalue weighted by Gasteiger charge is 2.23. The summed E-state index contributed by atoms with van der Waals surface area (Å²) in [7, 11) is 0. The Morgan fingerprint density at radius 3 is 3.25 bits per heavy atom. The van der Waals surface area contributed by atoms with Crippen LogP contribution >= 0.6 is 0 Å². The predicted octanol–water partition coefficient (Wildman–Crippen LogP) is -0.0503. The van der Waals surface area contributed by atoms with Crippen LogP contribution in [-0.2, 0) is 6.54 Å². The van der Waals surface area contributed by atoms with Gasteiger partial charge < -0.3 is 4.74 Å². The van der Waals surface area contributed by atoms with Gasteiger partial charge in [-0.25, -0.2) is 5.84 Å². The minimum Gasteiger partial charge on any atom is -0.446 e. The molecular formula is C6H9N4O2+. The van der Waals surface area contributed by atoms with Crippen LogP contribution in [0.1, 0.15) is 6.42 Å². The zero-order valence-corrected chi connectivity index (χ0v) is 6.43. The second-order valence-corrected chi connectivity index (χ2v) is 2.60. The molecule has 6 nitrogen and oxygen atoms in total. The van der Waals surface area contributed by atoms with E-state index >= 15 is 0 Å². The van der Waals surface area contributed by atoms with Crippen LogP contribution in [0.5, 0.6) is 6.01 Å².